The molecule has 0 spiro atoms. The third kappa shape index (κ3) is 3.05. The molecule has 0 saturated carbocycles. The van der Waals surface area contributed by atoms with Crippen molar-refractivity contribution in [1.29, 1.82) is 0 Å². The average molecular weight is 472 g/mol. The van der Waals surface area contributed by atoms with Crippen molar-refractivity contribution < 1.29 is 9.53 Å². The van der Waals surface area contributed by atoms with Gasteiger partial charge < -0.3 is 4.74 Å². The van der Waals surface area contributed by atoms with Gasteiger partial charge in [-0.15, -0.1) is 0 Å². The molecule has 168 valence electrons. The van der Waals surface area contributed by atoms with E-state index in [2.05, 4.69) is 97.1 Å². The average Bonchev–Trinajstić information content (AvgIpc) is 3.37. The summed E-state index contributed by atoms with van der Waals surface area (Å²) in [6.45, 7) is 2.04. The fourth-order valence-electron chi connectivity index (χ4n) is 5.66. The molecule has 0 saturated heterocycles. The largest absolute Gasteiger partial charge is 0.450 e. The number of thiophene rings is 1. The minimum atomic E-state index is -0.675. The number of ether oxygens (including phenoxy) is 1. The summed E-state index contributed by atoms with van der Waals surface area (Å²) in [5.74, 6) is -0.274. The smallest absolute Gasteiger partial charge is 0.339 e. The molecular formula is C32H23O2S+. The molecule has 6 aromatic rings. The summed E-state index contributed by atoms with van der Waals surface area (Å²) in [4.78, 5) is 14.8. The van der Waals surface area contributed by atoms with E-state index in [0.29, 0.717) is 12.0 Å². The summed E-state index contributed by atoms with van der Waals surface area (Å²) in [5.41, 5.74) is 2.26. The van der Waals surface area contributed by atoms with Crippen LogP contribution in [0.15, 0.2) is 109 Å². The van der Waals surface area contributed by atoms with E-state index >= 15 is 0 Å². The number of fused-ring (bicyclic) bond motifs is 3. The number of hydrogen-bond acceptors (Lipinski definition) is 2. The van der Waals surface area contributed by atoms with E-state index in [4.69, 9.17) is 4.74 Å². The van der Waals surface area contributed by atoms with Crippen LogP contribution in [-0.2, 0) is 16.8 Å². The standard InChI is InChI=1S/C32H23O2S/c1-32(20-23-11-7-9-21-10-8-15-27(32)30(21)23)34-31(33)22-17-18-29-26(19-22)25-14-5-6-16-28(25)35(29)24-12-3-2-4-13-24/h2-19H,20H2,1H3/q+1. The molecular weight excluding hydrogens is 448 g/mol. The van der Waals surface area contributed by atoms with E-state index in [1.165, 1.54) is 36.0 Å². The number of esters is 1. The molecule has 0 amide bonds. The van der Waals surface area contributed by atoms with Crippen LogP contribution in [0.2, 0.25) is 0 Å². The molecule has 0 bridgehead atoms. The molecule has 3 heteroatoms. The lowest BCUT2D eigenvalue weighted by Gasteiger charge is -2.26. The van der Waals surface area contributed by atoms with Gasteiger partial charge in [0.05, 0.1) is 5.56 Å². The van der Waals surface area contributed by atoms with E-state index in [-0.39, 0.29) is 16.4 Å². The molecule has 2 nitrogen and oxygen atoms in total. The highest BCUT2D eigenvalue weighted by Crippen LogP contribution is 2.49. The van der Waals surface area contributed by atoms with Crippen LogP contribution in [-0.4, -0.2) is 5.97 Å². The number of benzene rings is 5. The molecule has 0 fully saturated rings. The first-order valence-corrected chi connectivity index (χ1v) is 13.1. The van der Waals surface area contributed by atoms with Crippen molar-refractivity contribution in [2.24, 2.45) is 0 Å². The minimum Gasteiger partial charge on any atom is -0.450 e. The van der Waals surface area contributed by atoms with Gasteiger partial charge in [-0.3, -0.25) is 0 Å². The van der Waals surface area contributed by atoms with Gasteiger partial charge in [0.2, 0.25) is 0 Å². The fraction of sp³-hybridized carbons (Fsp3) is 0.0938. The summed E-state index contributed by atoms with van der Waals surface area (Å²) in [6, 6.07) is 37.9. The maximum atomic E-state index is 13.5. The Labute approximate surface area is 206 Å². The highest BCUT2D eigenvalue weighted by atomic mass is 32.2. The van der Waals surface area contributed by atoms with Gasteiger partial charge in [-0.05, 0) is 65.7 Å². The first-order valence-electron chi connectivity index (χ1n) is 11.9. The Morgan fingerprint density at radius 2 is 1.51 bits per heavy atom. The maximum absolute atomic E-state index is 13.5. The van der Waals surface area contributed by atoms with Gasteiger partial charge in [-0.25, -0.2) is 4.79 Å². The normalized spacial score (nSPS) is 17.3. The van der Waals surface area contributed by atoms with E-state index in [1.54, 1.807) is 0 Å². The zero-order valence-corrected chi connectivity index (χ0v) is 20.1. The Morgan fingerprint density at radius 3 is 2.37 bits per heavy atom. The Morgan fingerprint density at radius 1 is 0.771 bits per heavy atom. The molecule has 5 aromatic carbocycles. The SMILES string of the molecule is CC1(OC(=O)c2ccc3c(c2)c2ccccc2[s+]3-c2ccccc2)Cc2cccc3cccc1c23. The van der Waals surface area contributed by atoms with Crippen LogP contribution in [0.3, 0.4) is 0 Å². The molecule has 35 heavy (non-hydrogen) atoms. The molecule has 1 aromatic heterocycles. The second kappa shape index (κ2) is 7.53. The second-order valence-electron chi connectivity index (χ2n) is 9.44. The summed E-state index contributed by atoms with van der Waals surface area (Å²) < 4.78 is 8.85. The maximum Gasteiger partial charge on any atom is 0.339 e. The van der Waals surface area contributed by atoms with Crippen LogP contribution >= 0.6 is 10.5 Å². The van der Waals surface area contributed by atoms with Gasteiger partial charge in [-0.2, -0.15) is 0 Å². The summed E-state index contributed by atoms with van der Waals surface area (Å²) >= 11 is 0. The summed E-state index contributed by atoms with van der Waals surface area (Å²) in [7, 11) is -0.172. The van der Waals surface area contributed by atoms with Gasteiger partial charge in [0.25, 0.3) is 0 Å². The Kier molecular flexibility index (Phi) is 4.39. The lowest BCUT2D eigenvalue weighted by atomic mass is 9.96. The zero-order valence-electron chi connectivity index (χ0n) is 19.3. The van der Waals surface area contributed by atoms with Crippen molar-refractivity contribution in [2.75, 3.05) is 0 Å². The highest BCUT2D eigenvalue weighted by Gasteiger charge is 2.39. The Balaban J connectivity index is 1.32. The van der Waals surface area contributed by atoms with Crippen LogP contribution < -0.4 is 0 Å². The lowest BCUT2D eigenvalue weighted by molar-refractivity contribution is -0.00897. The van der Waals surface area contributed by atoms with Gasteiger partial charge in [-0.1, -0.05) is 66.7 Å². The van der Waals surface area contributed by atoms with Gasteiger partial charge >= 0.3 is 5.97 Å². The molecule has 2 unspecified atom stereocenters. The van der Waals surface area contributed by atoms with Gasteiger partial charge in [0.1, 0.15) is 5.60 Å². The molecule has 0 radical (unpaired) electrons. The molecule has 2 atom stereocenters. The first-order chi connectivity index (χ1) is 17.1. The third-order valence-electron chi connectivity index (χ3n) is 7.22. The van der Waals surface area contributed by atoms with Crippen LogP contribution in [0.4, 0.5) is 0 Å². The monoisotopic (exact) mass is 471 g/mol. The molecule has 1 heterocycles. The van der Waals surface area contributed by atoms with Crippen molar-refractivity contribution in [1.82, 2.24) is 0 Å². The number of hydrogen-bond donors (Lipinski definition) is 0. The molecule has 1 aliphatic carbocycles. The topological polar surface area (TPSA) is 26.3 Å². The number of carbonyl (C=O) groups is 1. The number of carbonyl (C=O) groups excluding carboxylic acids is 1. The van der Waals surface area contributed by atoms with Gasteiger partial charge in [0, 0.05) is 33.2 Å². The van der Waals surface area contributed by atoms with Crippen molar-refractivity contribution in [3.8, 4) is 4.90 Å². The Hall–Kier alpha value is -3.95. The van der Waals surface area contributed by atoms with E-state index in [1.807, 2.05) is 19.1 Å². The fourth-order valence-corrected chi connectivity index (χ4v) is 8.04. The second-order valence-corrected chi connectivity index (χ2v) is 11.4. The zero-order chi connectivity index (χ0) is 23.6. The third-order valence-corrected chi connectivity index (χ3v) is 9.55. The quantitative estimate of drug-likeness (QED) is 0.191. The van der Waals surface area contributed by atoms with E-state index in [9.17, 15) is 4.79 Å². The van der Waals surface area contributed by atoms with Crippen molar-refractivity contribution in [2.45, 2.75) is 18.9 Å². The predicted molar refractivity (Wildman–Crippen MR) is 146 cm³/mol. The van der Waals surface area contributed by atoms with Gasteiger partial charge in [0.15, 0.2) is 14.3 Å². The van der Waals surface area contributed by atoms with Crippen LogP contribution in [0.5, 0.6) is 0 Å². The summed E-state index contributed by atoms with van der Waals surface area (Å²) in [5, 5.41) is 4.75. The molecule has 0 aliphatic heterocycles. The van der Waals surface area contributed by atoms with Crippen LogP contribution in [0.25, 0.3) is 35.8 Å². The Bertz CT molecular complexity index is 1780. The van der Waals surface area contributed by atoms with Crippen molar-refractivity contribution in [3.63, 3.8) is 0 Å². The number of rotatable bonds is 3. The van der Waals surface area contributed by atoms with E-state index < -0.39 is 5.60 Å². The highest BCUT2D eigenvalue weighted by molar-refractivity contribution is 7.50. The lowest BCUT2D eigenvalue weighted by Crippen LogP contribution is -2.28. The van der Waals surface area contributed by atoms with Crippen molar-refractivity contribution >= 4 is 47.4 Å². The van der Waals surface area contributed by atoms with Crippen LogP contribution in [0, 0.1) is 0 Å². The summed E-state index contributed by atoms with van der Waals surface area (Å²) in [6.07, 6.45) is 0.695. The van der Waals surface area contributed by atoms with Crippen LogP contribution in [0.1, 0.15) is 28.4 Å². The minimum absolute atomic E-state index is 0.172. The molecule has 1 aliphatic rings. The molecule has 0 N–H and O–H groups in total. The first kappa shape index (κ1) is 20.4. The van der Waals surface area contributed by atoms with Crippen molar-refractivity contribution in [3.05, 3.63) is 126 Å². The van der Waals surface area contributed by atoms with E-state index in [0.717, 1.165) is 10.9 Å². The predicted octanol–water partition coefficient (Wildman–Crippen LogP) is 8.51. The molecule has 7 rings (SSSR count).